The van der Waals surface area contributed by atoms with Crippen LogP contribution in [0, 0.1) is 5.41 Å². The summed E-state index contributed by atoms with van der Waals surface area (Å²) in [7, 11) is 0. The number of nitrogens with one attached hydrogen (secondary N) is 1. The molecule has 1 saturated carbocycles. The average Bonchev–Trinajstić information content (AvgIpc) is 3.31. The van der Waals surface area contributed by atoms with Crippen molar-refractivity contribution in [2.45, 2.75) is 38.6 Å². The van der Waals surface area contributed by atoms with Crippen molar-refractivity contribution < 1.29 is 9.21 Å². The van der Waals surface area contributed by atoms with Crippen LogP contribution < -0.4 is 5.32 Å². The Balaban J connectivity index is 1.25. The zero-order valence-electron chi connectivity index (χ0n) is 16.0. The Labute approximate surface area is 163 Å². The first kappa shape index (κ1) is 17.2. The minimum absolute atomic E-state index is 0.0981. The summed E-state index contributed by atoms with van der Waals surface area (Å²) < 4.78 is 5.77. The van der Waals surface area contributed by atoms with Crippen LogP contribution in [0.1, 0.15) is 32.6 Å². The third-order valence-electron chi connectivity index (χ3n) is 6.22. The molecule has 1 aromatic heterocycles. The van der Waals surface area contributed by atoms with E-state index in [9.17, 15) is 4.79 Å². The number of fused-ring (bicyclic) bond motifs is 1. The lowest BCUT2D eigenvalue weighted by Gasteiger charge is -2.33. The highest BCUT2D eigenvalue weighted by molar-refractivity contribution is 5.86. The van der Waals surface area contributed by atoms with Crippen molar-refractivity contribution in [3.05, 3.63) is 42.5 Å². The summed E-state index contributed by atoms with van der Waals surface area (Å²) in [5.74, 6) is 0.544. The maximum atomic E-state index is 12.7. The smallest absolute Gasteiger partial charge is 0.316 e. The highest BCUT2D eigenvalue weighted by atomic mass is 16.4. The van der Waals surface area contributed by atoms with Crippen molar-refractivity contribution in [1.29, 1.82) is 0 Å². The van der Waals surface area contributed by atoms with Gasteiger partial charge in [-0.25, -0.2) is 0 Å². The Morgan fingerprint density at radius 3 is 2.57 bits per heavy atom. The quantitative estimate of drug-likeness (QED) is 0.742. The van der Waals surface area contributed by atoms with E-state index in [2.05, 4.69) is 27.6 Å². The molecule has 6 nitrogen and oxygen atoms in total. The number of amides is 1. The second-order valence-corrected chi connectivity index (χ2v) is 8.17. The Morgan fingerprint density at radius 1 is 1.07 bits per heavy atom. The monoisotopic (exact) mass is 376 g/mol. The van der Waals surface area contributed by atoms with Gasteiger partial charge in [0.1, 0.15) is 6.04 Å². The van der Waals surface area contributed by atoms with Gasteiger partial charge in [0.25, 0.3) is 0 Å². The van der Waals surface area contributed by atoms with E-state index >= 15 is 0 Å². The van der Waals surface area contributed by atoms with E-state index in [0.29, 0.717) is 11.3 Å². The zero-order chi connectivity index (χ0) is 19.1. The van der Waals surface area contributed by atoms with E-state index in [1.807, 2.05) is 42.2 Å². The number of aromatic nitrogens is 2. The standard InChI is InChI=1S/C22H24N4O2/c1-15(20(27)26-12-10-22(8-9-22)11-13-26)23-21-25-24-19(28-21)18-7-6-16-4-2-3-5-17(16)14-18/h2-7,14-15H,8-13H2,1H3,(H,23,25)/t15-/m0/s1. The molecule has 2 aromatic carbocycles. The fraction of sp³-hybridized carbons (Fsp3) is 0.409. The van der Waals surface area contributed by atoms with Gasteiger partial charge in [-0.05, 0) is 60.9 Å². The van der Waals surface area contributed by atoms with Gasteiger partial charge in [0.2, 0.25) is 11.8 Å². The highest BCUT2D eigenvalue weighted by Crippen LogP contribution is 2.53. The van der Waals surface area contributed by atoms with Gasteiger partial charge in [0.15, 0.2) is 0 Å². The number of hydrogen-bond acceptors (Lipinski definition) is 5. The van der Waals surface area contributed by atoms with Crippen LogP contribution in [0.3, 0.4) is 0 Å². The van der Waals surface area contributed by atoms with Gasteiger partial charge in [0.05, 0.1) is 0 Å². The summed E-state index contributed by atoms with van der Waals surface area (Å²) in [6.07, 6.45) is 4.95. The Bertz CT molecular complexity index is 1010. The molecule has 2 fully saturated rings. The summed E-state index contributed by atoms with van der Waals surface area (Å²) in [5, 5.41) is 13.6. The average molecular weight is 376 g/mol. The number of rotatable bonds is 4. The summed E-state index contributed by atoms with van der Waals surface area (Å²) in [5.41, 5.74) is 1.43. The molecule has 0 radical (unpaired) electrons. The van der Waals surface area contributed by atoms with Gasteiger partial charge in [-0.15, -0.1) is 5.10 Å². The third kappa shape index (κ3) is 3.23. The van der Waals surface area contributed by atoms with Crippen LogP contribution in [0.25, 0.3) is 22.2 Å². The maximum absolute atomic E-state index is 12.7. The minimum Gasteiger partial charge on any atom is -0.403 e. The second-order valence-electron chi connectivity index (χ2n) is 8.17. The molecule has 1 amide bonds. The molecule has 1 aliphatic heterocycles. The zero-order valence-corrected chi connectivity index (χ0v) is 16.0. The molecule has 0 bridgehead atoms. The molecule has 144 valence electrons. The molecule has 5 rings (SSSR count). The first-order valence-corrected chi connectivity index (χ1v) is 10.00. The van der Waals surface area contributed by atoms with Gasteiger partial charge in [-0.3, -0.25) is 4.79 Å². The number of carbonyl (C=O) groups is 1. The number of hydrogen-bond donors (Lipinski definition) is 1. The molecule has 3 aromatic rings. The molecule has 6 heteroatoms. The molecule has 1 spiro atoms. The molecule has 1 saturated heterocycles. The first-order valence-electron chi connectivity index (χ1n) is 10.00. The molecule has 0 unspecified atom stereocenters. The van der Waals surface area contributed by atoms with E-state index in [-0.39, 0.29) is 11.9 Å². The topological polar surface area (TPSA) is 71.3 Å². The number of likely N-dealkylation sites (tertiary alicyclic amines) is 1. The van der Waals surface area contributed by atoms with Crippen LogP contribution in [0.2, 0.25) is 0 Å². The molecule has 1 aliphatic carbocycles. The van der Waals surface area contributed by atoms with Crippen LogP contribution in [0.4, 0.5) is 6.01 Å². The maximum Gasteiger partial charge on any atom is 0.316 e. The molecule has 28 heavy (non-hydrogen) atoms. The summed E-state index contributed by atoms with van der Waals surface area (Å²) in [6.45, 7) is 3.57. The van der Waals surface area contributed by atoms with Crippen molar-refractivity contribution in [2.24, 2.45) is 5.41 Å². The van der Waals surface area contributed by atoms with Crippen LogP contribution in [0.5, 0.6) is 0 Å². The largest absolute Gasteiger partial charge is 0.403 e. The number of nitrogens with zero attached hydrogens (tertiary/aromatic N) is 3. The predicted octanol–water partition coefficient (Wildman–Crippen LogP) is 4.09. The van der Waals surface area contributed by atoms with Crippen LogP contribution in [-0.4, -0.2) is 40.1 Å². The lowest BCUT2D eigenvalue weighted by atomic mass is 9.93. The van der Waals surface area contributed by atoms with Gasteiger partial charge in [0, 0.05) is 18.7 Å². The van der Waals surface area contributed by atoms with Crippen molar-refractivity contribution >= 4 is 22.7 Å². The van der Waals surface area contributed by atoms with Crippen molar-refractivity contribution in [3.8, 4) is 11.5 Å². The summed E-state index contributed by atoms with van der Waals surface area (Å²) >= 11 is 0. The normalized spacial score (nSPS) is 19.0. The van der Waals surface area contributed by atoms with Crippen molar-refractivity contribution in [3.63, 3.8) is 0 Å². The van der Waals surface area contributed by atoms with E-state index in [1.54, 1.807) is 0 Å². The highest BCUT2D eigenvalue weighted by Gasteiger charge is 2.45. The summed E-state index contributed by atoms with van der Waals surface area (Å²) in [6, 6.07) is 14.1. The van der Waals surface area contributed by atoms with Gasteiger partial charge < -0.3 is 14.6 Å². The van der Waals surface area contributed by atoms with E-state index in [1.165, 1.54) is 12.8 Å². The number of benzene rings is 2. The Hall–Kier alpha value is -2.89. The Morgan fingerprint density at radius 2 is 1.82 bits per heavy atom. The fourth-order valence-electron chi connectivity index (χ4n) is 4.12. The van der Waals surface area contributed by atoms with E-state index in [0.717, 1.165) is 42.3 Å². The van der Waals surface area contributed by atoms with E-state index < -0.39 is 6.04 Å². The molecule has 2 aliphatic rings. The lowest BCUT2D eigenvalue weighted by molar-refractivity contribution is -0.133. The van der Waals surface area contributed by atoms with Crippen molar-refractivity contribution in [1.82, 2.24) is 15.1 Å². The fourth-order valence-corrected chi connectivity index (χ4v) is 4.12. The molecule has 2 heterocycles. The molecular formula is C22H24N4O2. The van der Waals surface area contributed by atoms with E-state index in [4.69, 9.17) is 4.42 Å². The number of carbonyl (C=O) groups excluding carboxylic acids is 1. The van der Waals surface area contributed by atoms with Gasteiger partial charge in [-0.2, -0.15) is 0 Å². The lowest BCUT2D eigenvalue weighted by Crippen LogP contribution is -2.45. The van der Waals surface area contributed by atoms with Crippen LogP contribution in [-0.2, 0) is 4.79 Å². The number of anilines is 1. The second kappa shape index (κ2) is 6.62. The van der Waals surface area contributed by atoms with Crippen molar-refractivity contribution in [2.75, 3.05) is 18.4 Å². The van der Waals surface area contributed by atoms with Crippen LogP contribution >= 0.6 is 0 Å². The first-order chi connectivity index (χ1) is 13.6. The third-order valence-corrected chi connectivity index (χ3v) is 6.22. The van der Waals surface area contributed by atoms with Crippen LogP contribution in [0.15, 0.2) is 46.9 Å². The number of piperidine rings is 1. The molecule has 1 atom stereocenters. The predicted molar refractivity (Wildman–Crippen MR) is 108 cm³/mol. The molecular weight excluding hydrogens is 352 g/mol. The minimum atomic E-state index is -0.391. The SMILES string of the molecule is C[C@H](Nc1nnc(-c2ccc3ccccc3c2)o1)C(=O)N1CCC2(CC1)CC2. The van der Waals surface area contributed by atoms with Gasteiger partial charge in [-0.1, -0.05) is 35.4 Å². The molecule has 1 N–H and O–H groups in total. The van der Waals surface area contributed by atoms with Gasteiger partial charge >= 0.3 is 6.01 Å². The Kier molecular flexibility index (Phi) is 4.07. The summed E-state index contributed by atoms with van der Waals surface area (Å²) in [4.78, 5) is 14.7.